The quantitative estimate of drug-likeness (QED) is 0.568. The van der Waals surface area contributed by atoms with Crippen molar-refractivity contribution in [1.82, 2.24) is 4.90 Å². The van der Waals surface area contributed by atoms with Crippen LogP contribution in [0.4, 0.5) is 0 Å². The fourth-order valence-electron chi connectivity index (χ4n) is 1.84. The first-order valence-electron chi connectivity index (χ1n) is 5.36. The molecule has 1 heterocycles. The molecule has 0 aromatic carbocycles. The summed E-state index contributed by atoms with van der Waals surface area (Å²) >= 11 is 0. The van der Waals surface area contributed by atoms with Gasteiger partial charge in [0.1, 0.15) is 0 Å². The molecule has 1 heteroatoms. The summed E-state index contributed by atoms with van der Waals surface area (Å²) in [5.41, 5.74) is 0.480. The first-order chi connectivity index (χ1) is 6.23. The molecule has 0 saturated carbocycles. The van der Waals surface area contributed by atoms with Crippen molar-refractivity contribution in [3.8, 4) is 0 Å². The molecule has 0 bridgehead atoms. The van der Waals surface area contributed by atoms with E-state index in [1.165, 1.54) is 0 Å². The zero-order valence-corrected chi connectivity index (χ0v) is 10.3. The maximum atomic E-state index is 2.44. The van der Waals surface area contributed by atoms with Crippen molar-refractivity contribution in [1.29, 1.82) is 0 Å². The minimum atomic E-state index is 0.194. The van der Waals surface area contributed by atoms with Gasteiger partial charge in [-0.25, -0.2) is 0 Å². The Morgan fingerprint density at radius 1 is 0.929 bits per heavy atom. The Bertz CT molecular complexity index is 219. The highest BCUT2D eigenvalue weighted by molar-refractivity contribution is 5.17. The van der Waals surface area contributed by atoms with E-state index in [4.69, 9.17) is 0 Å². The molecule has 0 amide bonds. The Morgan fingerprint density at radius 3 is 1.86 bits per heavy atom. The maximum absolute atomic E-state index is 2.44. The van der Waals surface area contributed by atoms with Gasteiger partial charge >= 0.3 is 0 Å². The fraction of sp³-hybridized carbons (Fsp3) is 0.692. The van der Waals surface area contributed by atoms with Crippen LogP contribution in [0.1, 0.15) is 41.5 Å². The van der Waals surface area contributed by atoms with Gasteiger partial charge in [0.15, 0.2) is 0 Å². The summed E-state index contributed by atoms with van der Waals surface area (Å²) in [6, 6.07) is 0.493. The molecule has 1 nitrogen and oxygen atoms in total. The molecule has 0 spiro atoms. The van der Waals surface area contributed by atoms with Gasteiger partial charge in [-0.15, -0.1) is 0 Å². The first kappa shape index (κ1) is 11.4. The van der Waals surface area contributed by atoms with Gasteiger partial charge in [-0.1, -0.05) is 32.9 Å². The van der Waals surface area contributed by atoms with E-state index in [0.29, 0.717) is 6.04 Å². The predicted octanol–water partition coefficient (Wildman–Crippen LogP) is 3.59. The molecule has 0 N–H and O–H groups in total. The van der Waals surface area contributed by atoms with Crippen LogP contribution >= 0.6 is 0 Å². The Morgan fingerprint density at radius 2 is 1.50 bits per heavy atom. The zero-order valence-electron chi connectivity index (χ0n) is 10.3. The van der Waals surface area contributed by atoms with Crippen LogP contribution in [0, 0.1) is 5.41 Å². The summed E-state index contributed by atoms with van der Waals surface area (Å²) in [4.78, 5) is 2.44. The van der Waals surface area contributed by atoms with Crippen LogP contribution in [0.3, 0.4) is 0 Å². The van der Waals surface area contributed by atoms with Gasteiger partial charge in [0, 0.05) is 11.7 Å². The molecule has 0 aromatic heterocycles. The van der Waals surface area contributed by atoms with E-state index in [2.05, 4.69) is 70.9 Å². The second-order valence-electron chi connectivity index (χ2n) is 6.12. The topological polar surface area (TPSA) is 3.24 Å². The van der Waals surface area contributed by atoms with Gasteiger partial charge in [-0.3, -0.25) is 0 Å². The molecular weight excluding hydrogens is 170 g/mol. The van der Waals surface area contributed by atoms with Crippen LogP contribution in [0.15, 0.2) is 24.4 Å². The molecule has 14 heavy (non-hydrogen) atoms. The summed E-state index contributed by atoms with van der Waals surface area (Å²) in [7, 11) is 0. The van der Waals surface area contributed by atoms with Gasteiger partial charge < -0.3 is 4.90 Å². The predicted molar refractivity (Wildman–Crippen MR) is 63.1 cm³/mol. The molecular formula is C13H23N. The van der Waals surface area contributed by atoms with Crippen LogP contribution in [0.2, 0.25) is 0 Å². The van der Waals surface area contributed by atoms with Gasteiger partial charge in [0.25, 0.3) is 0 Å². The van der Waals surface area contributed by atoms with Crippen molar-refractivity contribution in [2.24, 2.45) is 5.41 Å². The largest absolute Gasteiger partial charge is 0.366 e. The minimum Gasteiger partial charge on any atom is -0.366 e. The number of hydrogen-bond acceptors (Lipinski definition) is 1. The lowest BCUT2D eigenvalue weighted by Crippen LogP contribution is -2.49. The van der Waals surface area contributed by atoms with Crippen LogP contribution < -0.4 is 0 Å². The number of rotatable bonds is 0. The third-order valence-electron chi connectivity index (χ3n) is 2.61. The average molecular weight is 193 g/mol. The summed E-state index contributed by atoms with van der Waals surface area (Å²) < 4.78 is 0. The highest BCUT2D eigenvalue weighted by atomic mass is 15.2. The SMILES string of the molecule is CC(C)(C)C1C=CC=CN1C(C)(C)C. The monoisotopic (exact) mass is 193 g/mol. The second kappa shape index (κ2) is 3.45. The Kier molecular flexibility index (Phi) is 2.80. The highest BCUT2D eigenvalue weighted by Gasteiger charge is 2.33. The lowest BCUT2D eigenvalue weighted by molar-refractivity contribution is 0.0976. The molecule has 0 saturated heterocycles. The lowest BCUT2D eigenvalue weighted by atomic mass is 9.82. The average Bonchev–Trinajstić information content (AvgIpc) is 2.01. The fourth-order valence-corrected chi connectivity index (χ4v) is 1.84. The van der Waals surface area contributed by atoms with Crippen molar-refractivity contribution in [2.45, 2.75) is 53.1 Å². The minimum absolute atomic E-state index is 0.194. The Hall–Kier alpha value is -0.720. The first-order valence-corrected chi connectivity index (χ1v) is 5.36. The lowest BCUT2D eigenvalue weighted by Gasteiger charge is -2.46. The van der Waals surface area contributed by atoms with Crippen LogP contribution in [-0.2, 0) is 0 Å². The molecule has 0 aliphatic carbocycles. The highest BCUT2D eigenvalue weighted by Crippen LogP contribution is 2.32. The van der Waals surface area contributed by atoms with Gasteiger partial charge in [-0.2, -0.15) is 0 Å². The Labute approximate surface area is 88.5 Å². The van der Waals surface area contributed by atoms with Gasteiger partial charge in [-0.05, 0) is 32.3 Å². The summed E-state index contributed by atoms with van der Waals surface area (Å²) in [6.45, 7) is 13.7. The molecule has 1 aliphatic rings. The standard InChI is InChI=1S/C13H23N/c1-12(2,3)11-9-7-8-10-14(11)13(4,5)6/h7-11H,1-6H3. The second-order valence-corrected chi connectivity index (χ2v) is 6.12. The number of hydrogen-bond donors (Lipinski definition) is 0. The van der Waals surface area contributed by atoms with Crippen molar-refractivity contribution < 1.29 is 0 Å². The van der Waals surface area contributed by atoms with Crippen molar-refractivity contribution in [3.05, 3.63) is 24.4 Å². The molecule has 1 aliphatic heterocycles. The van der Waals surface area contributed by atoms with E-state index in [1.807, 2.05) is 0 Å². The molecule has 80 valence electrons. The van der Waals surface area contributed by atoms with E-state index in [9.17, 15) is 0 Å². The molecule has 0 aromatic rings. The van der Waals surface area contributed by atoms with Crippen LogP contribution in [0.5, 0.6) is 0 Å². The zero-order chi connectivity index (χ0) is 11.0. The van der Waals surface area contributed by atoms with E-state index in [-0.39, 0.29) is 11.0 Å². The normalized spacial score (nSPS) is 23.0. The summed E-state index contributed by atoms with van der Waals surface area (Å²) in [5.74, 6) is 0. The van der Waals surface area contributed by atoms with Crippen LogP contribution in [-0.4, -0.2) is 16.5 Å². The van der Waals surface area contributed by atoms with Gasteiger partial charge in [0.2, 0.25) is 0 Å². The smallest absolute Gasteiger partial charge is 0.0524 e. The van der Waals surface area contributed by atoms with Crippen molar-refractivity contribution >= 4 is 0 Å². The molecule has 1 rings (SSSR count). The Balaban J connectivity index is 2.94. The van der Waals surface area contributed by atoms with Crippen molar-refractivity contribution in [2.75, 3.05) is 0 Å². The van der Waals surface area contributed by atoms with E-state index in [1.54, 1.807) is 0 Å². The third-order valence-corrected chi connectivity index (χ3v) is 2.61. The summed E-state index contributed by atoms with van der Waals surface area (Å²) in [6.07, 6.45) is 8.77. The number of nitrogens with zero attached hydrogens (tertiary/aromatic N) is 1. The molecule has 0 fully saturated rings. The van der Waals surface area contributed by atoms with E-state index >= 15 is 0 Å². The van der Waals surface area contributed by atoms with E-state index in [0.717, 1.165) is 0 Å². The molecule has 1 unspecified atom stereocenters. The van der Waals surface area contributed by atoms with E-state index < -0.39 is 0 Å². The molecule has 0 radical (unpaired) electrons. The maximum Gasteiger partial charge on any atom is 0.0524 e. The number of allylic oxidation sites excluding steroid dienone is 2. The third kappa shape index (κ3) is 2.40. The summed E-state index contributed by atoms with van der Waals surface area (Å²) in [5, 5.41) is 0. The molecule has 1 atom stereocenters. The van der Waals surface area contributed by atoms with Gasteiger partial charge in [0.05, 0.1) is 6.04 Å². The van der Waals surface area contributed by atoms with Crippen molar-refractivity contribution in [3.63, 3.8) is 0 Å². The van der Waals surface area contributed by atoms with Crippen LogP contribution in [0.25, 0.3) is 0 Å².